The van der Waals surface area contributed by atoms with Crippen LogP contribution in [0.5, 0.6) is 5.75 Å². The molecule has 7 heteroatoms. The number of phenolic OH excluding ortho intramolecular Hbond substituents is 1. The van der Waals surface area contributed by atoms with Gasteiger partial charge in [-0.15, -0.1) is 0 Å². The second kappa shape index (κ2) is 4.45. The van der Waals surface area contributed by atoms with Crippen LogP contribution in [0.4, 0.5) is 4.39 Å². The molecule has 0 fully saturated rings. The van der Waals surface area contributed by atoms with Crippen LogP contribution in [0.1, 0.15) is 0 Å². The molecule has 0 aliphatic rings. The van der Waals surface area contributed by atoms with Gasteiger partial charge in [-0.05, 0) is 24.3 Å². The summed E-state index contributed by atoms with van der Waals surface area (Å²) in [5.41, 5.74) is 0.605. The molecule has 2 aromatic heterocycles. The lowest BCUT2D eigenvalue weighted by molar-refractivity contribution is 0.425. The first-order chi connectivity index (χ1) is 9.24. The highest BCUT2D eigenvalue weighted by Crippen LogP contribution is 2.29. The Morgan fingerprint density at radius 3 is 2.89 bits per heavy atom. The smallest absolute Gasteiger partial charge is 0.262 e. The van der Waals surface area contributed by atoms with Crippen LogP contribution >= 0.6 is 0 Å². The van der Waals surface area contributed by atoms with E-state index in [-0.39, 0.29) is 23.0 Å². The molecular formula is C12H7FN4O2. The highest BCUT2D eigenvalue weighted by molar-refractivity contribution is 5.63. The summed E-state index contributed by atoms with van der Waals surface area (Å²) in [6.45, 7) is 0. The van der Waals surface area contributed by atoms with E-state index in [4.69, 9.17) is 4.52 Å². The Kier molecular flexibility index (Phi) is 2.64. The minimum absolute atomic E-state index is 0.0191. The Morgan fingerprint density at radius 2 is 2.11 bits per heavy atom. The number of hydrogen-bond donors (Lipinski definition) is 1. The summed E-state index contributed by atoms with van der Waals surface area (Å²) in [4.78, 5) is 11.8. The molecule has 6 nitrogen and oxygen atoms in total. The summed E-state index contributed by atoms with van der Waals surface area (Å²) < 4.78 is 18.1. The van der Waals surface area contributed by atoms with Gasteiger partial charge in [-0.3, -0.25) is 0 Å². The van der Waals surface area contributed by atoms with Crippen molar-refractivity contribution < 1.29 is 14.0 Å². The first-order valence-corrected chi connectivity index (χ1v) is 5.33. The van der Waals surface area contributed by atoms with Crippen LogP contribution in [0.3, 0.4) is 0 Å². The Hall–Kier alpha value is -2.83. The monoisotopic (exact) mass is 258 g/mol. The summed E-state index contributed by atoms with van der Waals surface area (Å²) >= 11 is 0. The van der Waals surface area contributed by atoms with E-state index in [0.29, 0.717) is 5.69 Å². The van der Waals surface area contributed by atoms with Crippen molar-refractivity contribution in [3.8, 4) is 28.7 Å². The number of rotatable bonds is 2. The van der Waals surface area contributed by atoms with Crippen LogP contribution in [0.25, 0.3) is 23.0 Å². The maximum Gasteiger partial charge on any atom is 0.262 e. The minimum Gasteiger partial charge on any atom is -0.507 e. The molecule has 0 saturated heterocycles. The number of halogens is 1. The third kappa shape index (κ3) is 2.13. The summed E-state index contributed by atoms with van der Waals surface area (Å²) in [7, 11) is 0. The van der Waals surface area contributed by atoms with E-state index in [1.807, 2.05) is 0 Å². The molecule has 3 aromatic rings. The summed E-state index contributed by atoms with van der Waals surface area (Å²) in [6, 6.07) is 5.09. The highest BCUT2D eigenvalue weighted by atomic mass is 19.1. The molecule has 3 rings (SSSR count). The first-order valence-electron chi connectivity index (χ1n) is 5.33. The molecule has 0 atom stereocenters. The summed E-state index contributed by atoms with van der Waals surface area (Å²) in [5.74, 6) is -0.388. The molecule has 0 aliphatic heterocycles. The van der Waals surface area contributed by atoms with Gasteiger partial charge in [0.15, 0.2) is 0 Å². The molecule has 2 heterocycles. The molecule has 0 spiro atoms. The second-order valence-electron chi connectivity index (χ2n) is 3.68. The van der Waals surface area contributed by atoms with Crippen molar-refractivity contribution in [2.75, 3.05) is 0 Å². The third-order valence-corrected chi connectivity index (χ3v) is 2.43. The van der Waals surface area contributed by atoms with E-state index < -0.39 is 5.82 Å². The molecule has 0 unspecified atom stereocenters. The van der Waals surface area contributed by atoms with Gasteiger partial charge < -0.3 is 9.63 Å². The lowest BCUT2D eigenvalue weighted by atomic mass is 10.2. The van der Waals surface area contributed by atoms with Crippen molar-refractivity contribution in [3.63, 3.8) is 0 Å². The number of aromatic hydroxyl groups is 1. The van der Waals surface area contributed by atoms with Gasteiger partial charge in [0.25, 0.3) is 5.89 Å². The van der Waals surface area contributed by atoms with Crippen LogP contribution in [0.15, 0.2) is 41.3 Å². The standard InChI is InChI=1S/C12H7FN4O2/c13-7-1-2-10(18)8(5-7)12-16-11(17-19-12)9-3-4-14-6-15-9/h1-6,18H. The normalized spacial score (nSPS) is 10.6. The fourth-order valence-electron chi connectivity index (χ4n) is 1.54. The predicted molar refractivity (Wildman–Crippen MR) is 62.4 cm³/mol. The average molecular weight is 258 g/mol. The number of nitrogens with zero attached hydrogens (tertiary/aromatic N) is 4. The Bertz CT molecular complexity index is 715. The minimum atomic E-state index is -0.505. The van der Waals surface area contributed by atoms with Gasteiger partial charge in [0, 0.05) is 6.20 Å². The van der Waals surface area contributed by atoms with Crippen LogP contribution in [-0.2, 0) is 0 Å². The van der Waals surface area contributed by atoms with Crippen molar-refractivity contribution in [3.05, 3.63) is 42.6 Å². The van der Waals surface area contributed by atoms with E-state index >= 15 is 0 Å². The first kappa shape index (κ1) is 11.3. The summed E-state index contributed by atoms with van der Waals surface area (Å²) in [5, 5.41) is 13.4. The van der Waals surface area contributed by atoms with Crippen molar-refractivity contribution in [1.82, 2.24) is 20.1 Å². The molecule has 0 aliphatic carbocycles. The fourth-order valence-corrected chi connectivity index (χ4v) is 1.54. The van der Waals surface area contributed by atoms with Crippen LogP contribution in [0, 0.1) is 5.82 Å². The molecule has 94 valence electrons. The van der Waals surface area contributed by atoms with E-state index in [0.717, 1.165) is 12.1 Å². The number of phenols is 1. The second-order valence-corrected chi connectivity index (χ2v) is 3.68. The van der Waals surface area contributed by atoms with E-state index in [9.17, 15) is 9.50 Å². The molecule has 0 bridgehead atoms. The maximum atomic E-state index is 13.1. The van der Waals surface area contributed by atoms with Crippen molar-refractivity contribution in [2.45, 2.75) is 0 Å². The molecule has 1 aromatic carbocycles. The molecule has 19 heavy (non-hydrogen) atoms. The van der Waals surface area contributed by atoms with Crippen molar-refractivity contribution in [2.24, 2.45) is 0 Å². The largest absolute Gasteiger partial charge is 0.507 e. The van der Waals surface area contributed by atoms with Crippen molar-refractivity contribution >= 4 is 0 Å². The molecule has 1 N–H and O–H groups in total. The Labute approximate surface area is 106 Å². The topological polar surface area (TPSA) is 84.9 Å². The average Bonchev–Trinajstić information content (AvgIpc) is 2.92. The predicted octanol–water partition coefficient (Wildman–Crippen LogP) is 2.04. The van der Waals surface area contributed by atoms with Crippen LogP contribution < -0.4 is 0 Å². The summed E-state index contributed by atoms with van der Waals surface area (Å²) in [6.07, 6.45) is 2.89. The van der Waals surface area contributed by atoms with Gasteiger partial charge in [-0.25, -0.2) is 14.4 Å². The van der Waals surface area contributed by atoms with Gasteiger partial charge in [0.05, 0.1) is 5.56 Å². The van der Waals surface area contributed by atoms with Gasteiger partial charge in [0.2, 0.25) is 5.82 Å². The number of hydrogen-bond acceptors (Lipinski definition) is 6. The SMILES string of the molecule is Oc1ccc(F)cc1-c1nc(-c2ccncn2)no1. The molecule has 0 radical (unpaired) electrons. The number of aromatic nitrogens is 4. The number of benzene rings is 1. The molecular weight excluding hydrogens is 251 g/mol. The van der Waals surface area contributed by atoms with Gasteiger partial charge >= 0.3 is 0 Å². The lowest BCUT2D eigenvalue weighted by Gasteiger charge is -1.98. The van der Waals surface area contributed by atoms with E-state index in [1.54, 1.807) is 6.07 Å². The quantitative estimate of drug-likeness (QED) is 0.757. The zero-order chi connectivity index (χ0) is 13.2. The fraction of sp³-hybridized carbons (Fsp3) is 0. The van der Waals surface area contributed by atoms with Gasteiger partial charge in [0.1, 0.15) is 23.6 Å². The highest BCUT2D eigenvalue weighted by Gasteiger charge is 2.15. The van der Waals surface area contributed by atoms with Crippen LogP contribution in [-0.4, -0.2) is 25.2 Å². The van der Waals surface area contributed by atoms with Crippen LogP contribution in [0.2, 0.25) is 0 Å². The zero-order valence-corrected chi connectivity index (χ0v) is 9.49. The van der Waals surface area contributed by atoms with Gasteiger partial charge in [-0.1, -0.05) is 5.16 Å². The molecule has 0 amide bonds. The lowest BCUT2D eigenvalue weighted by Crippen LogP contribution is -1.86. The van der Waals surface area contributed by atoms with Crippen molar-refractivity contribution in [1.29, 1.82) is 0 Å². The Morgan fingerprint density at radius 1 is 1.21 bits per heavy atom. The Balaban J connectivity index is 2.04. The molecule has 0 saturated carbocycles. The zero-order valence-electron chi connectivity index (χ0n) is 9.49. The van der Waals surface area contributed by atoms with E-state index in [1.165, 1.54) is 18.6 Å². The van der Waals surface area contributed by atoms with E-state index in [2.05, 4.69) is 20.1 Å². The third-order valence-electron chi connectivity index (χ3n) is 2.43. The van der Waals surface area contributed by atoms with Gasteiger partial charge in [-0.2, -0.15) is 4.98 Å². The maximum absolute atomic E-state index is 13.1.